The molecule has 1 aromatic carbocycles. The Balaban J connectivity index is 0. The SMILES string of the molecule is COc1c(C(C)C)cc(P(=O)(O)O)cc1C(C)C.[NaH].[NaH]. The van der Waals surface area contributed by atoms with Crippen LogP contribution in [0, 0.1) is 0 Å². The van der Waals surface area contributed by atoms with Gasteiger partial charge in [-0.2, -0.15) is 0 Å². The molecular formula is C13H23Na2O4P. The van der Waals surface area contributed by atoms with Gasteiger partial charge < -0.3 is 14.5 Å². The zero-order valence-electron chi connectivity index (χ0n) is 11.5. The maximum atomic E-state index is 11.4. The van der Waals surface area contributed by atoms with Crippen LogP contribution in [0.25, 0.3) is 0 Å². The molecule has 0 saturated heterocycles. The molecule has 4 nitrogen and oxygen atoms in total. The first kappa shape index (κ1) is 23.4. The normalized spacial score (nSPS) is 11.1. The summed E-state index contributed by atoms with van der Waals surface area (Å²) in [5, 5.41) is 0.0655. The monoisotopic (exact) mass is 320 g/mol. The van der Waals surface area contributed by atoms with Crippen molar-refractivity contribution >= 4 is 72.0 Å². The van der Waals surface area contributed by atoms with Crippen molar-refractivity contribution in [3.63, 3.8) is 0 Å². The Morgan fingerprint density at radius 3 is 1.55 bits per heavy atom. The quantitative estimate of drug-likeness (QED) is 0.651. The molecule has 0 aliphatic rings. The standard InChI is InChI=1S/C13H21O4P.2Na.2H/c1-8(2)11-6-10(18(14,15)16)7-12(9(3)4)13(11)17-5;;;;/h6-9H,1-5H3,(H2,14,15,16);;;;. The van der Waals surface area contributed by atoms with Gasteiger partial charge in [-0.1, -0.05) is 27.7 Å². The molecule has 0 atom stereocenters. The first-order valence-electron chi connectivity index (χ1n) is 5.96. The topological polar surface area (TPSA) is 66.8 Å². The summed E-state index contributed by atoms with van der Waals surface area (Å²) in [7, 11) is -2.65. The molecule has 0 bridgehead atoms. The molecule has 0 amide bonds. The molecule has 0 saturated carbocycles. The first-order chi connectivity index (χ1) is 8.18. The first-order valence-corrected chi connectivity index (χ1v) is 7.57. The van der Waals surface area contributed by atoms with Crippen molar-refractivity contribution in [2.45, 2.75) is 39.5 Å². The summed E-state index contributed by atoms with van der Waals surface area (Å²) in [5.74, 6) is 1.02. The van der Waals surface area contributed by atoms with Gasteiger partial charge in [0.15, 0.2) is 0 Å². The van der Waals surface area contributed by atoms with Crippen LogP contribution in [0.5, 0.6) is 5.75 Å². The molecule has 0 heterocycles. The second kappa shape index (κ2) is 9.34. The van der Waals surface area contributed by atoms with Gasteiger partial charge in [0.05, 0.1) is 12.4 Å². The van der Waals surface area contributed by atoms with Crippen LogP contribution in [0.15, 0.2) is 12.1 Å². The predicted octanol–water partition coefficient (Wildman–Crippen LogP) is 1.45. The second-order valence-electron chi connectivity index (χ2n) is 5.01. The number of ether oxygens (including phenoxy) is 1. The van der Waals surface area contributed by atoms with Gasteiger partial charge in [0.2, 0.25) is 0 Å². The second-order valence-corrected chi connectivity index (χ2v) is 6.62. The summed E-state index contributed by atoms with van der Waals surface area (Å²) in [5.41, 5.74) is 1.67. The molecule has 0 aliphatic heterocycles. The Morgan fingerprint density at radius 2 is 1.35 bits per heavy atom. The van der Waals surface area contributed by atoms with E-state index in [1.54, 1.807) is 19.2 Å². The summed E-state index contributed by atoms with van der Waals surface area (Å²) in [6.07, 6.45) is 0. The van der Waals surface area contributed by atoms with E-state index in [2.05, 4.69) is 0 Å². The van der Waals surface area contributed by atoms with Gasteiger partial charge >= 0.3 is 66.7 Å². The molecule has 0 aliphatic carbocycles. The van der Waals surface area contributed by atoms with E-state index in [1.807, 2.05) is 27.7 Å². The summed E-state index contributed by atoms with van der Waals surface area (Å²) in [6.45, 7) is 7.91. The van der Waals surface area contributed by atoms with Gasteiger partial charge in [0, 0.05) is 0 Å². The van der Waals surface area contributed by atoms with Gasteiger partial charge in [-0.3, -0.25) is 4.57 Å². The predicted molar refractivity (Wildman–Crippen MR) is 87.1 cm³/mol. The van der Waals surface area contributed by atoms with Crippen LogP contribution in [-0.2, 0) is 4.57 Å². The summed E-state index contributed by atoms with van der Waals surface area (Å²) in [6, 6.07) is 3.10. The van der Waals surface area contributed by atoms with Crippen molar-refractivity contribution in [2.24, 2.45) is 0 Å². The number of methoxy groups -OCH3 is 1. The molecule has 2 N–H and O–H groups in total. The van der Waals surface area contributed by atoms with Gasteiger partial charge in [-0.15, -0.1) is 0 Å². The number of benzene rings is 1. The molecule has 20 heavy (non-hydrogen) atoms. The molecule has 0 spiro atoms. The van der Waals surface area contributed by atoms with E-state index in [0.29, 0.717) is 0 Å². The van der Waals surface area contributed by atoms with E-state index >= 15 is 0 Å². The van der Waals surface area contributed by atoms with Crippen molar-refractivity contribution in [1.29, 1.82) is 0 Å². The average molecular weight is 320 g/mol. The summed E-state index contributed by atoms with van der Waals surface area (Å²) >= 11 is 0. The number of hydrogen-bond donors (Lipinski definition) is 2. The third-order valence-electron chi connectivity index (χ3n) is 2.92. The summed E-state index contributed by atoms with van der Waals surface area (Å²) in [4.78, 5) is 18.7. The van der Waals surface area contributed by atoms with E-state index in [9.17, 15) is 14.4 Å². The van der Waals surface area contributed by atoms with Crippen LogP contribution >= 0.6 is 7.60 Å². The minimum absolute atomic E-state index is 0. The van der Waals surface area contributed by atoms with Crippen molar-refractivity contribution in [3.8, 4) is 5.75 Å². The molecule has 106 valence electrons. The van der Waals surface area contributed by atoms with Crippen molar-refractivity contribution in [1.82, 2.24) is 0 Å². The maximum absolute atomic E-state index is 11.4. The van der Waals surface area contributed by atoms with Crippen molar-refractivity contribution < 1.29 is 19.1 Å². The van der Waals surface area contributed by atoms with Gasteiger partial charge in [-0.05, 0) is 35.1 Å². The van der Waals surface area contributed by atoms with Crippen LogP contribution in [0.1, 0.15) is 50.7 Å². The molecule has 0 unspecified atom stereocenters. The Hall–Kier alpha value is 1.17. The summed E-state index contributed by atoms with van der Waals surface area (Å²) < 4.78 is 16.8. The Labute approximate surface area is 165 Å². The zero-order valence-corrected chi connectivity index (χ0v) is 12.4. The third-order valence-corrected chi connectivity index (χ3v) is 3.85. The van der Waals surface area contributed by atoms with Crippen molar-refractivity contribution in [3.05, 3.63) is 23.3 Å². The zero-order chi connectivity index (χ0) is 14.1. The van der Waals surface area contributed by atoms with E-state index in [1.165, 1.54) is 0 Å². The molecular weight excluding hydrogens is 297 g/mol. The molecule has 7 heteroatoms. The fourth-order valence-corrected chi connectivity index (χ4v) is 2.53. The van der Waals surface area contributed by atoms with E-state index in [0.717, 1.165) is 16.9 Å². The fraction of sp³-hybridized carbons (Fsp3) is 0.538. The molecule has 0 aromatic heterocycles. The molecule has 0 radical (unpaired) electrons. The van der Waals surface area contributed by atoms with Gasteiger partial charge in [0.1, 0.15) is 5.75 Å². The fourth-order valence-electron chi connectivity index (χ4n) is 1.92. The number of hydrogen-bond acceptors (Lipinski definition) is 2. The van der Waals surface area contributed by atoms with Crippen LogP contribution in [0.2, 0.25) is 0 Å². The van der Waals surface area contributed by atoms with Gasteiger partial charge in [-0.25, -0.2) is 0 Å². The third kappa shape index (κ3) is 5.75. The Morgan fingerprint density at radius 1 is 1.00 bits per heavy atom. The van der Waals surface area contributed by atoms with E-state index in [-0.39, 0.29) is 76.3 Å². The number of rotatable bonds is 4. The Bertz CT molecular complexity index is 454. The van der Waals surface area contributed by atoms with Crippen LogP contribution in [0.3, 0.4) is 0 Å². The average Bonchev–Trinajstić information content (AvgIpc) is 2.25. The van der Waals surface area contributed by atoms with E-state index in [4.69, 9.17) is 4.74 Å². The van der Waals surface area contributed by atoms with Crippen LogP contribution < -0.4 is 10.0 Å². The van der Waals surface area contributed by atoms with Crippen LogP contribution in [-0.4, -0.2) is 76.0 Å². The molecule has 1 rings (SSSR count). The van der Waals surface area contributed by atoms with Crippen molar-refractivity contribution in [2.75, 3.05) is 7.11 Å². The molecule has 0 fully saturated rings. The Kier molecular flexibility index (Phi) is 10.9. The minimum atomic E-state index is -4.24. The molecule has 1 aromatic rings. The van der Waals surface area contributed by atoms with Gasteiger partial charge in [0.25, 0.3) is 0 Å². The van der Waals surface area contributed by atoms with Crippen LogP contribution in [0.4, 0.5) is 0 Å². The van der Waals surface area contributed by atoms with E-state index < -0.39 is 7.60 Å².